The van der Waals surface area contributed by atoms with Gasteiger partial charge in [-0.15, -0.1) is 23.7 Å². The van der Waals surface area contributed by atoms with Crippen LogP contribution in [0.2, 0.25) is 0 Å². The quantitative estimate of drug-likeness (QED) is 0.707. The zero-order chi connectivity index (χ0) is 9.38. The van der Waals surface area contributed by atoms with Crippen molar-refractivity contribution in [2.75, 3.05) is 0 Å². The van der Waals surface area contributed by atoms with E-state index in [1.807, 2.05) is 29.6 Å². The van der Waals surface area contributed by atoms with Gasteiger partial charge in [-0.2, -0.15) is 0 Å². The van der Waals surface area contributed by atoms with Crippen molar-refractivity contribution in [3.05, 3.63) is 35.8 Å². The topological polar surface area (TPSA) is 41.6 Å². The molecule has 0 atom stereocenters. The Balaban J connectivity index is 0.000000853. The molecule has 5 heteroatoms. The molecule has 0 bridgehead atoms. The number of nitrogens with zero attached hydrogens (tertiary/aromatic N) is 2. The van der Waals surface area contributed by atoms with E-state index in [9.17, 15) is 0 Å². The summed E-state index contributed by atoms with van der Waals surface area (Å²) in [6.07, 6.45) is 1.75. The molecule has 76 valence electrons. The van der Waals surface area contributed by atoms with E-state index in [-0.39, 0.29) is 12.4 Å². The molecule has 0 amide bonds. The number of rotatable bonds is 1. The Bertz CT molecular complexity index is 526. The fourth-order valence-corrected chi connectivity index (χ4v) is 2.04. The van der Waals surface area contributed by atoms with Gasteiger partial charge in [-0.3, -0.25) is 0 Å². The molecule has 0 saturated carbocycles. The molecule has 0 spiro atoms. The summed E-state index contributed by atoms with van der Waals surface area (Å²) in [4.78, 5) is 12.9. The van der Waals surface area contributed by atoms with Crippen LogP contribution >= 0.6 is 23.7 Å². The Kier molecular flexibility index (Phi) is 2.70. The van der Waals surface area contributed by atoms with E-state index in [2.05, 4.69) is 15.0 Å². The van der Waals surface area contributed by atoms with Crippen LogP contribution in [0.3, 0.4) is 0 Å². The van der Waals surface area contributed by atoms with Crippen LogP contribution in [0.1, 0.15) is 0 Å². The van der Waals surface area contributed by atoms with Gasteiger partial charge in [0, 0.05) is 6.20 Å². The van der Waals surface area contributed by atoms with E-state index in [0.717, 1.165) is 21.9 Å². The van der Waals surface area contributed by atoms with Crippen LogP contribution in [-0.2, 0) is 0 Å². The Morgan fingerprint density at radius 1 is 1.20 bits per heavy atom. The molecule has 3 nitrogen and oxygen atoms in total. The van der Waals surface area contributed by atoms with Crippen LogP contribution in [0.5, 0.6) is 0 Å². The largest absolute Gasteiger partial charge is 0.336 e. The van der Waals surface area contributed by atoms with Gasteiger partial charge in [0.1, 0.15) is 5.82 Å². The van der Waals surface area contributed by atoms with Gasteiger partial charge in [0.25, 0.3) is 0 Å². The average Bonchev–Trinajstić information content (AvgIpc) is 2.86. The molecular formula is C10H8ClN3S. The van der Waals surface area contributed by atoms with Gasteiger partial charge < -0.3 is 4.98 Å². The van der Waals surface area contributed by atoms with Crippen LogP contribution in [0.15, 0.2) is 35.8 Å². The Hall–Kier alpha value is -1.39. The highest BCUT2D eigenvalue weighted by molar-refractivity contribution is 7.13. The minimum Gasteiger partial charge on any atom is -0.336 e. The number of aromatic amines is 1. The van der Waals surface area contributed by atoms with Crippen LogP contribution in [0.4, 0.5) is 0 Å². The maximum atomic E-state index is 4.40. The van der Waals surface area contributed by atoms with Crippen molar-refractivity contribution in [3.8, 4) is 10.7 Å². The number of hydrogen-bond donors (Lipinski definition) is 1. The molecule has 1 N–H and O–H groups in total. The van der Waals surface area contributed by atoms with Crippen LogP contribution in [0.25, 0.3) is 21.9 Å². The first kappa shape index (κ1) is 10.1. The van der Waals surface area contributed by atoms with Crippen molar-refractivity contribution in [2.24, 2.45) is 0 Å². The average molecular weight is 238 g/mol. The number of fused-ring (bicyclic) bond motifs is 1. The van der Waals surface area contributed by atoms with E-state index >= 15 is 0 Å². The second-order valence-electron chi connectivity index (χ2n) is 2.94. The SMILES string of the molecule is Cl.c1csc(-c2nc3ncccc3[nH]2)c1. The number of imidazole rings is 1. The summed E-state index contributed by atoms with van der Waals surface area (Å²) in [5.41, 5.74) is 1.76. The van der Waals surface area contributed by atoms with Gasteiger partial charge in [-0.1, -0.05) is 6.07 Å². The molecule has 0 aliphatic rings. The molecule has 3 aromatic heterocycles. The van der Waals surface area contributed by atoms with E-state index in [1.54, 1.807) is 17.5 Å². The molecule has 3 rings (SSSR count). The molecule has 0 unspecified atom stereocenters. The maximum absolute atomic E-state index is 4.40. The Morgan fingerprint density at radius 3 is 2.87 bits per heavy atom. The zero-order valence-electron chi connectivity index (χ0n) is 7.68. The molecule has 0 aromatic carbocycles. The van der Waals surface area contributed by atoms with Gasteiger partial charge in [0.15, 0.2) is 5.65 Å². The third-order valence-corrected chi connectivity index (χ3v) is 2.89. The summed E-state index contributed by atoms with van der Waals surface area (Å²) < 4.78 is 0. The number of pyridine rings is 1. The summed E-state index contributed by atoms with van der Waals surface area (Å²) >= 11 is 1.67. The van der Waals surface area contributed by atoms with E-state index < -0.39 is 0 Å². The minimum atomic E-state index is 0. The molecule has 0 aliphatic carbocycles. The number of H-pyrrole nitrogens is 1. The first-order chi connectivity index (χ1) is 6.93. The Morgan fingerprint density at radius 2 is 2.13 bits per heavy atom. The standard InChI is InChI=1S/C10H7N3S.ClH/c1-3-7-9(11-5-1)13-10(12-7)8-4-2-6-14-8;/h1-6H,(H,11,12,13);1H. The molecule has 3 aromatic rings. The predicted octanol–water partition coefficient (Wildman–Crippen LogP) is 3.11. The first-order valence-electron chi connectivity index (χ1n) is 4.28. The lowest BCUT2D eigenvalue weighted by Crippen LogP contribution is -1.73. The highest BCUT2D eigenvalue weighted by atomic mass is 35.5. The van der Waals surface area contributed by atoms with E-state index in [1.165, 1.54) is 0 Å². The first-order valence-corrected chi connectivity index (χ1v) is 5.16. The van der Waals surface area contributed by atoms with Crippen molar-refractivity contribution < 1.29 is 0 Å². The summed E-state index contributed by atoms with van der Waals surface area (Å²) in [6.45, 7) is 0. The van der Waals surface area contributed by atoms with Gasteiger partial charge in [0.2, 0.25) is 0 Å². The Labute approximate surface area is 96.6 Å². The second kappa shape index (κ2) is 4.00. The fourth-order valence-electron chi connectivity index (χ4n) is 1.38. The lowest BCUT2D eigenvalue weighted by Gasteiger charge is -1.85. The molecule has 15 heavy (non-hydrogen) atoms. The smallest absolute Gasteiger partial charge is 0.178 e. The summed E-state index contributed by atoms with van der Waals surface area (Å²) in [7, 11) is 0. The van der Waals surface area contributed by atoms with Crippen molar-refractivity contribution in [2.45, 2.75) is 0 Å². The number of hydrogen-bond acceptors (Lipinski definition) is 3. The van der Waals surface area contributed by atoms with Gasteiger partial charge in [-0.05, 0) is 23.6 Å². The summed E-state index contributed by atoms with van der Waals surface area (Å²) in [5, 5.41) is 2.04. The molecule has 0 radical (unpaired) electrons. The van der Waals surface area contributed by atoms with Crippen molar-refractivity contribution in [1.82, 2.24) is 15.0 Å². The number of aromatic nitrogens is 3. The number of halogens is 1. The van der Waals surface area contributed by atoms with Crippen molar-refractivity contribution in [1.29, 1.82) is 0 Å². The van der Waals surface area contributed by atoms with Gasteiger partial charge in [0.05, 0.1) is 10.4 Å². The lowest BCUT2D eigenvalue weighted by molar-refractivity contribution is 1.31. The molecule has 0 aliphatic heterocycles. The second-order valence-corrected chi connectivity index (χ2v) is 3.88. The third kappa shape index (κ3) is 1.73. The fraction of sp³-hybridized carbons (Fsp3) is 0. The van der Waals surface area contributed by atoms with Crippen LogP contribution < -0.4 is 0 Å². The van der Waals surface area contributed by atoms with Gasteiger partial charge >= 0.3 is 0 Å². The maximum Gasteiger partial charge on any atom is 0.178 e. The van der Waals surface area contributed by atoms with Crippen LogP contribution in [-0.4, -0.2) is 15.0 Å². The zero-order valence-corrected chi connectivity index (χ0v) is 9.31. The monoisotopic (exact) mass is 237 g/mol. The molecule has 0 fully saturated rings. The third-order valence-electron chi connectivity index (χ3n) is 2.01. The van der Waals surface area contributed by atoms with Gasteiger partial charge in [-0.25, -0.2) is 9.97 Å². The highest BCUT2D eigenvalue weighted by Crippen LogP contribution is 2.23. The number of thiophene rings is 1. The summed E-state index contributed by atoms with van der Waals surface area (Å²) in [6, 6.07) is 7.94. The molecule has 0 saturated heterocycles. The normalized spacial score (nSPS) is 10.1. The van der Waals surface area contributed by atoms with Crippen molar-refractivity contribution in [3.63, 3.8) is 0 Å². The lowest BCUT2D eigenvalue weighted by atomic mass is 10.4. The number of nitrogens with one attached hydrogen (secondary N) is 1. The van der Waals surface area contributed by atoms with Crippen LogP contribution in [0, 0.1) is 0 Å². The predicted molar refractivity (Wildman–Crippen MR) is 64.4 cm³/mol. The van der Waals surface area contributed by atoms with Crippen molar-refractivity contribution >= 4 is 34.9 Å². The molecular weight excluding hydrogens is 230 g/mol. The minimum absolute atomic E-state index is 0. The van der Waals surface area contributed by atoms with E-state index in [4.69, 9.17) is 0 Å². The molecule has 3 heterocycles. The van der Waals surface area contributed by atoms with E-state index in [0.29, 0.717) is 0 Å². The highest BCUT2D eigenvalue weighted by Gasteiger charge is 2.05. The summed E-state index contributed by atoms with van der Waals surface area (Å²) in [5.74, 6) is 0.897.